The monoisotopic (exact) mass is 1230 g/mol. The van der Waals surface area contributed by atoms with Crippen LogP contribution in [0.2, 0.25) is 0 Å². The van der Waals surface area contributed by atoms with Gasteiger partial charge >= 0.3 is 11.9 Å². The van der Waals surface area contributed by atoms with E-state index in [9.17, 15) is 63.3 Å². The molecule has 0 radical (unpaired) electrons. The Hall–Kier alpha value is -9.35. The van der Waals surface area contributed by atoms with Gasteiger partial charge in [0.2, 0.25) is 47.3 Å². The molecule has 8 amide bonds. The summed E-state index contributed by atoms with van der Waals surface area (Å²) in [7, 11) is 0. The van der Waals surface area contributed by atoms with Gasteiger partial charge in [-0.05, 0) is 92.9 Å². The normalized spacial score (nSPS) is 15.6. The van der Waals surface area contributed by atoms with E-state index >= 15 is 0 Å². The highest BCUT2D eigenvalue weighted by molar-refractivity contribution is 5.98. The third-order valence-corrected chi connectivity index (χ3v) is 14.2. The number of guanidine groups is 2. The number of aromatic nitrogens is 2. The van der Waals surface area contributed by atoms with Crippen LogP contribution in [-0.4, -0.2) is 175 Å². The third kappa shape index (κ3) is 24.9. The Labute approximate surface area is 510 Å². The summed E-state index contributed by atoms with van der Waals surface area (Å²) in [6.45, 7) is 7.54. The number of hydrogen-bond acceptors (Lipinski definition) is 15. The fourth-order valence-corrected chi connectivity index (χ4v) is 9.72. The van der Waals surface area contributed by atoms with Crippen LogP contribution in [0.5, 0.6) is 5.75 Å². The molecule has 0 bridgehead atoms. The molecule has 21 N–H and O–H groups in total. The number of hydrogen-bond donors (Lipinski definition) is 16. The lowest BCUT2D eigenvalue weighted by Crippen LogP contribution is -2.61. The number of benzene rings is 2. The summed E-state index contributed by atoms with van der Waals surface area (Å²) in [6, 6.07) is 2.30. The van der Waals surface area contributed by atoms with Gasteiger partial charge in [0.25, 0.3) is 0 Å². The van der Waals surface area contributed by atoms with Gasteiger partial charge in [-0.15, -0.1) is 0 Å². The molecule has 482 valence electrons. The molecule has 9 atom stereocenters. The molecule has 1 fully saturated rings. The fraction of sp³-hybridized carbons (Fsp3) is 0.534. The molecule has 2 aromatic carbocycles. The average Bonchev–Trinajstić information content (AvgIpc) is 4.40. The summed E-state index contributed by atoms with van der Waals surface area (Å²) in [6.07, 6.45) is 2.37. The Bertz CT molecular complexity index is 2870. The summed E-state index contributed by atoms with van der Waals surface area (Å²) in [5.74, 6) is -9.90. The summed E-state index contributed by atoms with van der Waals surface area (Å²) >= 11 is 0. The number of amides is 8. The first-order valence-corrected chi connectivity index (χ1v) is 29.2. The van der Waals surface area contributed by atoms with Crippen molar-refractivity contribution >= 4 is 71.1 Å². The quantitative estimate of drug-likeness (QED) is 0.0169. The summed E-state index contributed by atoms with van der Waals surface area (Å²) < 4.78 is 0. The van der Waals surface area contributed by atoms with E-state index in [2.05, 4.69) is 57.2 Å². The fourth-order valence-electron chi connectivity index (χ4n) is 9.72. The Morgan fingerprint density at radius 3 is 1.61 bits per heavy atom. The van der Waals surface area contributed by atoms with Crippen LogP contribution < -0.4 is 65.9 Å². The van der Waals surface area contributed by atoms with Gasteiger partial charge in [0.05, 0.1) is 12.4 Å². The largest absolute Gasteiger partial charge is 0.508 e. The Balaban J connectivity index is 1.60. The number of aromatic amines is 1. The van der Waals surface area contributed by atoms with E-state index < -0.39 is 126 Å². The molecule has 0 unspecified atom stereocenters. The number of aromatic hydroxyl groups is 1. The highest BCUT2D eigenvalue weighted by Gasteiger charge is 2.41. The van der Waals surface area contributed by atoms with E-state index in [1.54, 1.807) is 44.2 Å². The van der Waals surface area contributed by atoms with Crippen molar-refractivity contribution in [3.8, 4) is 5.75 Å². The molecule has 0 spiro atoms. The molecular formula is C58H87N17O13. The van der Waals surface area contributed by atoms with Crippen LogP contribution in [0, 0.1) is 11.8 Å². The minimum Gasteiger partial charge on any atom is -0.508 e. The lowest BCUT2D eigenvalue weighted by atomic mass is 10.00. The number of rotatable bonds is 37. The van der Waals surface area contributed by atoms with Crippen molar-refractivity contribution in [3.05, 3.63) is 83.9 Å². The summed E-state index contributed by atoms with van der Waals surface area (Å²) in [5.41, 5.74) is 29.2. The molecule has 1 aliphatic rings. The second-order valence-electron chi connectivity index (χ2n) is 22.5. The van der Waals surface area contributed by atoms with Crippen LogP contribution in [0.4, 0.5) is 0 Å². The Kier molecular flexibility index (Phi) is 29.1. The number of H-pyrrole nitrogens is 1. The topological polar surface area (TPSA) is 502 Å². The third-order valence-electron chi connectivity index (χ3n) is 14.2. The number of aliphatic imine (C=N–C) groups is 2. The van der Waals surface area contributed by atoms with Crippen molar-refractivity contribution in [2.24, 2.45) is 50.5 Å². The van der Waals surface area contributed by atoms with Gasteiger partial charge in [0.1, 0.15) is 54.1 Å². The van der Waals surface area contributed by atoms with Gasteiger partial charge in [0.15, 0.2) is 11.9 Å². The Morgan fingerprint density at radius 2 is 1.09 bits per heavy atom. The Morgan fingerprint density at radius 1 is 0.602 bits per heavy atom. The smallest absolute Gasteiger partial charge is 0.326 e. The SMILES string of the molecule is CC(C)C[C@H](NC(=O)[C@@H](N)CCCN=C(N)N)C(=O)N[C@@H](Cc1ccccc1)C(=O)N[C@@H](CCC(=O)O)C(=O)N[C@@H](Cc1cnc[nH]1)C(=O)N1CCC[C@H]1C(=O)N[C@@H](CC(C)C)C(=O)N[C@@H](Cc1ccc(O)cc1)C(=O)N[C@@H](CCCN=C(N)N)C(=O)O. The second kappa shape index (κ2) is 36.0. The van der Waals surface area contributed by atoms with Crippen molar-refractivity contribution in [1.82, 2.24) is 52.1 Å². The number of phenols is 1. The number of nitrogens with zero attached hydrogens (tertiary/aromatic N) is 4. The van der Waals surface area contributed by atoms with Crippen LogP contribution in [0.15, 0.2) is 77.1 Å². The molecule has 1 aromatic heterocycles. The lowest BCUT2D eigenvalue weighted by Gasteiger charge is -2.31. The van der Waals surface area contributed by atoms with Crippen LogP contribution >= 0.6 is 0 Å². The molecule has 30 heteroatoms. The van der Waals surface area contributed by atoms with E-state index in [4.69, 9.17) is 28.7 Å². The maximum absolute atomic E-state index is 14.9. The number of likely N-dealkylation sites (tertiary alicyclic amines) is 1. The number of nitrogens with one attached hydrogen (secondary N) is 8. The average molecular weight is 1230 g/mol. The highest BCUT2D eigenvalue weighted by Crippen LogP contribution is 2.22. The number of carboxylic acid groups (broad SMARTS) is 2. The van der Waals surface area contributed by atoms with Crippen molar-refractivity contribution in [1.29, 1.82) is 0 Å². The van der Waals surface area contributed by atoms with E-state index in [0.29, 0.717) is 29.7 Å². The van der Waals surface area contributed by atoms with E-state index in [0.717, 1.165) is 0 Å². The number of carbonyl (C=O) groups excluding carboxylic acids is 8. The zero-order valence-electron chi connectivity index (χ0n) is 50.1. The molecule has 0 aliphatic carbocycles. The van der Waals surface area contributed by atoms with Crippen LogP contribution in [0.1, 0.15) is 109 Å². The van der Waals surface area contributed by atoms with Crippen molar-refractivity contribution in [2.75, 3.05) is 19.6 Å². The van der Waals surface area contributed by atoms with Gasteiger partial charge in [-0.3, -0.25) is 53.1 Å². The van der Waals surface area contributed by atoms with Crippen molar-refractivity contribution in [2.45, 2.75) is 166 Å². The molecule has 30 nitrogen and oxygen atoms in total. The van der Waals surface area contributed by atoms with Crippen LogP contribution in [-0.2, 0) is 67.2 Å². The first kappa shape index (κ1) is 71.1. The van der Waals surface area contributed by atoms with Crippen molar-refractivity contribution < 1.29 is 63.3 Å². The molecule has 88 heavy (non-hydrogen) atoms. The van der Waals surface area contributed by atoms with Gasteiger partial charge in [0, 0.05) is 57.2 Å². The zero-order valence-corrected chi connectivity index (χ0v) is 50.1. The van der Waals surface area contributed by atoms with Gasteiger partial charge < -0.3 is 91.1 Å². The summed E-state index contributed by atoms with van der Waals surface area (Å²) in [4.78, 5) is 154. The van der Waals surface area contributed by atoms with Crippen LogP contribution in [0.3, 0.4) is 0 Å². The second-order valence-corrected chi connectivity index (χ2v) is 22.5. The van der Waals surface area contributed by atoms with Gasteiger partial charge in [-0.25, -0.2) is 9.78 Å². The molecule has 0 saturated carbocycles. The van der Waals surface area contributed by atoms with Gasteiger partial charge in [-0.1, -0.05) is 70.2 Å². The number of aliphatic carboxylic acids is 2. The maximum atomic E-state index is 14.9. The molecule has 2 heterocycles. The predicted molar refractivity (Wildman–Crippen MR) is 324 cm³/mol. The minimum absolute atomic E-state index is 0.0164. The van der Waals surface area contributed by atoms with Crippen molar-refractivity contribution in [3.63, 3.8) is 0 Å². The number of phenolic OH excluding ortho intramolecular Hbond substituents is 1. The first-order chi connectivity index (χ1) is 41.7. The molecule has 4 rings (SSSR count). The predicted octanol–water partition coefficient (Wildman–Crippen LogP) is -2.00. The lowest BCUT2D eigenvalue weighted by molar-refractivity contribution is -0.143. The molecule has 1 saturated heterocycles. The number of carbonyl (C=O) groups is 10. The first-order valence-electron chi connectivity index (χ1n) is 29.2. The van der Waals surface area contributed by atoms with E-state index in [1.807, 2.05) is 13.8 Å². The molecular weight excluding hydrogens is 1140 g/mol. The highest BCUT2D eigenvalue weighted by atomic mass is 16.4. The van der Waals surface area contributed by atoms with Gasteiger partial charge in [-0.2, -0.15) is 0 Å². The van der Waals surface area contributed by atoms with E-state index in [1.165, 1.54) is 41.7 Å². The minimum atomic E-state index is -1.63. The maximum Gasteiger partial charge on any atom is 0.326 e. The molecule has 1 aliphatic heterocycles. The zero-order chi connectivity index (χ0) is 65.0. The number of carboxylic acids is 2. The summed E-state index contributed by atoms with van der Waals surface area (Å²) in [5, 5.41) is 48.3. The number of nitrogens with two attached hydrogens (primary N) is 5. The van der Waals surface area contributed by atoms with Crippen LogP contribution in [0.25, 0.3) is 0 Å². The molecule has 3 aromatic rings. The number of imidazole rings is 1. The standard InChI is InChI=1S/C58H87N17O13/c1-32(2)25-41(70-48(79)38(59)13-8-22-65-57(60)61)50(81)71-43(27-34-11-6-5-7-12-34)52(83)68-39(20-21-47(77)78)49(80)74-45(29-36-30-64-31-67-36)55(86)75-24-10-15-46(75)54(85)73-42(26-33(3)4)51(82)72-44(28-35-16-18-37(76)19-17-35)53(84)69-40(56(87)88)14-9-23-66-58(62)63/h5-7,11-12,16-19,30-33,38-46,76H,8-10,13-15,20-29,59H2,1-4H3,(H,64,67)(H,68,83)(H,69,84)(H,70,79)(H,71,81)(H,72,82)(H,73,85)(H,74,80)(H,77,78)(H,87,88)(H4,60,61,65)(H4,62,63,66)/t38-,39-,40-,41-,42-,43-,44-,45-,46-/m0/s1. The van der Waals surface area contributed by atoms with E-state index in [-0.39, 0.29) is 107 Å².